The highest BCUT2D eigenvalue weighted by Gasteiger charge is 2.38. The quantitative estimate of drug-likeness (QED) is 0.672. The molecule has 2 aliphatic rings. The van der Waals surface area contributed by atoms with Crippen molar-refractivity contribution in [1.29, 1.82) is 0 Å². The van der Waals surface area contributed by atoms with Gasteiger partial charge in [-0.05, 0) is 49.9 Å². The van der Waals surface area contributed by atoms with E-state index in [-0.39, 0.29) is 0 Å². The van der Waals surface area contributed by atoms with Gasteiger partial charge in [-0.3, -0.25) is 0 Å². The van der Waals surface area contributed by atoms with E-state index >= 15 is 0 Å². The Kier molecular flexibility index (Phi) is 2.40. The van der Waals surface area contributed by atoms with Crippen molar-refractivity contribution in [3.05, 3.63) is 0 Å². The first-order chi connectivity index (χ1) is 5.81. The van der Waals surface area contributed by atoms with Crippen LogP contribution in [0.5, 0.6) is 0 Å². The van der Waals surface area contributed by atoms with Gasteiger partial charge in [0, 0.05) is 6.04 Å². The van der Waals surface area contributed by atoms with E-state index in [2.05, 4.69) is 6.92 Å². The number of nitrogens with two attached hydrogens (primary N) is 1. The molecule has 2 aliphatic carbocycles. The third kappa shape index (κ3) is 1.66. The Labute approximate surface area is 75.7 Å². The Morgan fingerprint density at radius 3 is 2.50 bits per heavy atom. The lowest BCUT2D eigenvalue weighted by atomic mass is 9.75. The standard InChI is InChI=1S/C11H21N/c1-2-8-3-6-11(12)10(7-8)9-4-5-9/h8-11H,2-7,12H2,1H3. The maximum atomic E-state index is 6.14. The van der Waals surface area contributed by atoms with Crippen molar-refractivity contribution in [2.45, 2.75) is 51.5 Å². The Hall–Kier alpha value is -0.0400. The fourth-order valence-electron chi connectivity index (χ4n) is 2.76. The molecule has 0 aromatic heterocycles. The summed E-state index contributed by atoms with van der Waals surface area (Å²) in [6.07, 6.45) is 8.42. The molecule has 0 bridgehead atoms. The summed E-state index contributed by atoms with van der Waals surface area (Å²) < 4.78 is 0. The molecule has 1 heteroatoms. The molecule has 0 heterocycles. The molecule has 1 nitrogen and oxygen atoms in total. The molecule has 3 atom stereocenters. The maximum Gasteiger partial charge on any atom is 0.00700 e. The molecule has 0 aromatic rings. The zero-order valence-corrected chi connectivity index (χ0v) is 8.13. The largest absolute Gasteiger partial charge is 0.327 e. The van der Waals surface area contributed by atoms with Gasteiger partial charge in [0.1, 0.15) is 0 Å². The summed E-state index contributed by atoms with van der Waals surface area (Å²) >= 11 is 0. The predicted molar refractivity (Wildman–Crippen MR) is 51.8 cm³/mol. The van der Waals surface area contributed by atoms with Crippen molar-refractivity contribution in [3.8, 4) is 0 Å². The molecule has 0 aromatic carbocycles. The third-order valence-corrected chi connectivity index (χ3v) is 3.87. The van der Waals surface area contributed by atoms with E-state index in [9.17, 15) is 0 Å². The van der Waals surface area contributed by atoms with Crippen LogP contribution in [0.1, 0.15) is 45.4 Å². The van der Waals surface area contributed by atoms with Crippen LogP contribution in [0, 0.1) is 17.8 Å². The fraction of sp³-hybridized carbons (Fsp3) is 1.00. The summed E-state index contributed by atoms with van der Waals surface area (Å²) in [6.45, 7) is 2.32. The topological polar surface area (TPSA) is 26.0 Å². The molecule has 2 rings (SSSR count). The second-order valence-corrected chi connectivity index (χ2v) is 4.75. The smallest absolute Gasteiger partial charge is 0.00700 e. The molecule has 0 amide bonds. The second kappa shape index (κ2) is 3.37. The van der Waals surface area contributed by atoms with Crippen molar-refractivity contribution < 1.29 is 0 Å². The van der Waals surface area contributed by atoms with Crippen LogP contribution in [0.3, 0.4) is 0 Å². The molecule has 3 unspecified atom stereocenters. The molecule has 0 radical (unpaired) electrons. The molecular formula is C11H21N. The lowest BCUT2D eigenvalue weighted by Crippen LogP contribution is -2.37. The highest BCUT2D eigenvalue weighted by molar-refractivity contribution is 4.91. The monoisotopic (exact) mass is 167 g/mol. The summed E-state index contributed by atoms with van der Waals surface area (Å²) in [7, 11) is 0. The highest BCUT2D eigenvalue weighted by atomic mass is 14.7. The highest BCUT2D eigenvalue weighted by Crippen LogP contribution is 2.45. The zero-order chi connectivity index (χ0) is 8.55. The number of hydrogen-bond acceptors (Lipinski definition) is 1. The van der Waals surface area contributed by atoms with Crippen molar-refractivity contribution >= 4 is 0 Å². The summed E-state index contributed by atoms with van der Waals surface area (Å²) in [5, 5.41) is 0. The van der Waals surface area contributed by atoms with E-state index in [1.54, 1.807) is 0 Å². The third-order valence-electron chi connectivity index (χ3n) is 3.87. The van der Waals surface area contributed by atoms with Crippen LogP contribution in [-0.2, 0) is 0 Å². The Balaban J connectivity index is 1.90. The summed E-state index contributed by atoms with van der Waals surface area (Å²) in [6, 6.07) is 0.542. The first kappa shape index (κ1) is 8.55. The van der Waals surface area contributed by atoms with Crippen LogP contribution in [0.15, 0.2) is 0 Å². The van der Waals surface area contributed by atoms with Crippen LogP contribution in [0.2, 0.25) is 0 Å². The minimum absolute atomic E-state index is 0.542. The van der Waals surface area contributed by atoms with Gasteiger partial charge in [0.15, 0.2) is 0 Å². The summed E-state index contributed by atoms with van der Waals surface area (Å²) in [4.78, 5) is 0. The van der Waals surface area contributed by atoms with Crippen molar-refractivity contribution in [3.63, 3.8) is 0 Å². The maximum absolute atomic E-state index is 6.14. The first-order valence-electron chi connectivity index (χ1n) is 5.56. The Morgan fingerprint density at radius 1 is 1.17 bits per heavy atom. The van der Waals surface area contributed by atoms with E-state index < -0.39 is 0 Å². The minimum Gasteiger partial charge on any atom is -0.327 e. The van der Waals surface area contributed by atoms with Crippen LogP contribution >= 0.6 is 0 Å². The van der Waals surface area contributed by atoms with Crippen LogP contribution in [-0.4, -0.2) is 6.04 Å². The lowest BCUT2D eigenvalue weighted by molar-refractivity contribution is 0.206. The molecular weight excluding hydrogens is 146 g/mol. The van der Waals surface area contributed by atoms with Crippen LogP contribution < -0.4 is 5.73 Å². The molecule has 2 N–H and O–H groups in total. The van der Waals surface area contributed by atoms with Crippen LogP contribution in [0.25, 0.3) is 0 Å². The van der Waals surface area contributed by atoms with Gasteiger partial charge < -0.3 is 5.73 Å². The summed E-state index contributed by atoms with van der Waals surface area (Å²) in [5.41, 5.74) is 6.14. The van der Waals surface area contributed by atoms with E-state index in [4.69, 9.17) is 5.73 Å². The molecule has 12 heavy (non-hydrogen) atoms. The molecule has 0 aliphatic heterocycles. The van der Waals surface area contributed by atoms with E-state index in [0.29, 0.717) is 6.04 Å². The zero-order valence-electron chi connectivity index (χ0n) is 8.13. The first-order valence-corrected chi connectivity index (χ1v) is 5.56. The van der Waals surface area contributed by atoms with Gasteiger partial charge in [0.2, 0.25) is 0 Å². The van der Waals surface area contributed by atoms with E-state index in [0.717, 1.165) is 17.8 Å². The van der Waals surface area contributed by atoms with Gasteiger partial charge in [0.25, 0.3) is 0 Å². The fourth-order valence-corrected chi connectivity index (χ4v) is 2.76. The van der Waals surface area contributed by atoms with E-state index in [1.165, 1.54) is 38.5 Å². The summed E-state index contributed by atoms with van der Waals surface area (Å²) in [5.74, 6) is 2.91. The molecule has 2 saturated carbocycles. The second-order valence-electron chi connectivity index (χ2n) is 4.75. The lowest BCUT2D eigenvalue weighted by Gasteiger charge is -2.33. The number of hydrogen-bond donors (Lipinski definition) is 1. The number of rotatable bonds is 2. The molecule has 2 fully saturated rings. The van der Waals surface area contributed by atoms with Gasteiger partial charge in [0.05, 0.1) is 0 Å². The molecule has 0 spiro atoms. The average Bonchev–Trinajstić information content (AvgIpc) is 2.88. The minimum atomic E-state index is 0.542. The van der Waals surface area contributed by atoms with Crippen molar-refractivity contribution in [2.75, 3.05) is 0 Å². The van der Waals surface area contributed by atoms with Gasteiger partial charge in [-0.1, -0.05) is 13.3 Å². The van der Waals surface area contributed by atoms with Gasteiger partial charge >= 0.3 is 0 Å². The Bertz CT molecular complexity index is 151. The predicted octanol–water partition coefficient (Wildman–Crippen LogP) is 2.55. The SMILES string of the molecule is CCC1CCC(N)C(C2CC2)C1. The van der Waals surface area contributed by atoms with Crippen LogP contribution in [0.4, 0.5) is 0 Å². The Morgan fingerprint density at radius 2 is 1.92 bits per heavy atom. The molecule has 70 valence electrons. The van der Waals surface area contributed by atoms with Crippen molar-refractivity contribution in [1.82, 2.24) is 0 Å². The molecule has 0 saturated heterocycles. The van der Waals surface area contributed by atoms with Gasteiger partial charge in [-0.25, -0.2) is 0 Å². The van der Waals surface area contributed by atoms with E-state index in [1.807, 2.05) is 0 Å². The van der Waals surface area contributed by atoms with Crippen molar-refractivity contribution in [2.24, 2.45) is 23.5 Å². The normalized spacial score (nSPS) is 43.0. The van der Waals surface area contributed by atoms with Gasteiger partial charge in [-0.15, -0.1) is 0 Å². The van der Waals surface area contributed by atoms with Gasteiger partial charge in [-0.2, -0.15) is 0 Å². The average molecular weight is 167 g/mol.